The molecule has 0 atom stereocenters. The van der Waals surface area contributed by atoms with Crippen LogP contribution in [0.5, 0.6) is 0 Å². The fraction of sp³-hybridized carbons (Fsp3) is 0.786. The van der Waals surface area contributed by atoms with Crippen LogP contribution in [0.1, 0.15) is 30.9 Å². The van der Waals surface area contributed by atoms with E-state index >= 15 is 0 Å². The fourth-order valence-corrected chi connectivity index (χ4v) is 2.82. The number of rotatable bonds is 6. The molecule has 1 aromatic rings. The van der Waals surface area contributed by atoms with Gasteiger partial charge in [0.15, 0.2) is 5.96 Å². The third kappa shape index (κ3) is 5.94. The van der Waals surface area contributed by atoms with Crippen molar-refractivity contribution in [3.05, 3.63) is 11.6 Å². The molecule has 0 saturated heterocycles. The molecule has 1 aliphatic heterocycles. The van der Waals surface area contributed by atoms with Gasteiger partial charge < -0.3 is 15.2 Å². The van der Waals surface area contributed by atoms with Gasteiger partial charge in [0.05, 0.1) is 0 Å². The Morgan fingerprint density at radius 2 is 2.05 bits per heavy atom. The topological polar surface area (TPSA) is 67.1 Å². The predicted octanol–water partition coefficient (Wildman–Crippen LogP) is 1.69. The fourth-order valence-electron chi connectivity index (χ4n) is 2.52. The molecule has 8 heteroatoms. The number of halogens is 1. The second-order valence-corrected chi connectivity index (χ2v) is 6.15. The molecule has 0 aromatic carbocycles. The van der Waals surface area contributed by atoms with Gasteiger partial charge in [-0.3, -0.25) is 4.99 Å². The first kappa shape index (κ1) is 19.5. The maximum absolute atomic E-state index is 4.35. The predicted molar refractivity (Wildman–Crippen MR) is 104 cm³/mol. The lowest BCUT2D eigenvalue weighted by Gasteiger charge is -2.11. The summed E-state index contributed by atoms with van der Waals surface area (Å²) in [5.41, 5.74) is 0. The van der Waals surface area contributed by atoms with Crippen molar-refractivity contribution in [2.24, 2.45) is 4.99 Å². The number of guanidine groups is 1. The Bertz CT molecular complexity index is 462. The summed E-state index contributed by atoms with van der Waals surface area (Å²) in [6.45, 7) is 2.83. The van der Waals surface area contributed by atoms with Crippen LogP contribution in [0, 0.1) is 0 Å². The lowest BCUT2D eigenvalue weighted by molar-refractivity contribution is 0.600. The maximum Gasteiger partial charge on any atom is 0.191 e. The van der Waals surface area contributed by atoms with Crippen LogP contribution < -0.4 is 10.6 Å². The summed E-state index contributed by atoms with van der Waals surface area (Å²) in [5, 5.41) is 15.3. The van der Waals surface area contributed by atoms with E-state index in [9.17, 15) is 0 Å². The molecule has 0 fully saturated rings. The largest absolute Gasteiger partial charge is 0.356 e. The average Bonchev–Trinajstić information content (AvgIpc) is 2.73. The third-order valence-corrected chi connectivity index (χ3v) is 4.26. The van der Waals surface area contributed by atoms with Crippen LogP contribution >= 0.6 is 35.7 Å². The van der Waals surface area contributed by atoms with Crippen molar-refractivity contribution in [3.63, 3.8) is 0 Å². The summed E-state index contributed by atoms with van der Waals surface area (Å²) in [5.74, 6) is 4.20. The Morgan fingerprint density at radius 3 is 2.82 bits per heavy atom. The van der Waals surface area contributed by atoms with Gasteiger partial charge in [0, 0.05) is 45.3 Å². The van der Waals surface area contributed by atoms with Crippen molar-refractivity contribution >= 4 is 41.7 Å². The SMILES string of the molecule is CN=C(NCCSC)NCCc1nnc2n1CCCCC2.I. The standard InChI is InChI=1S/C14H26N6S.HI/c1-15-14(17-9-11-21-2)16-8-7-13-19-18-12-6-4-3-5-10-20(12)13;/h3-11H2,1-2H3,(H2,15,16,17);1H. The summed E-state index contributed by atoms with van der Waals surface area (Å²) in [6, 6.07) is 0. The molecule has 1 aromatic heterocycles. The van der Waals surface area contributed by atoms with Gasteiger partial charge in [0.25, 0.3) is 0 Å². The first-order valence-corrected chi connectivity index (χ1v) is 9.09. The Morgan fingerprint density at radius 1 is 1.23 bits per heavy atom. The number of aliphatic imine (C=N–C) groups is 1. The summed E-state index contributed by atoms with van der Waals surface area (Å²) in [6.07, 6.45) is 7.84. The summed E-state index contributed by atoms with van der Waals surface area (Å²) in [7, 11) is 1.80. The summed E-state index contributed by atoms with van der Waals surface area (Å²) in [4.78, 5) is 4.22. The van der Waals surface area contributed by atoms with Crippen molar-refractivity contribution in [2.75, 3.05) is 32.1 Å². The van der Waals surface area contributed by atoms with E-state index in [4.69, 9.17) is 0 Å². The van der Waals surface area contributed by atoms with Crippen molar-refractivity contribution in [1.29, 1.82) is 0 Å². The number of nitrogens with zero attached hydrogens (tertiary/aromatic N) is 4. The van der Waals surface area contributed by atoms with Gasteiger partial charge in [0.2, 0.25) is 0 Å². The van der Waals surface area contributed by atoms with Gasteiger partial charge >= 0.3 is 0 Å². The molecule has 0 unspecified atom stereocenters. The van der Waals surface area contributed by atoms with E-state index in [-0.39, 0.29) is 24.0 Å². The quantitative estimate of drug-likeness (QED) is 0.306. The molecular formula is C14H27IN6S. The number of hydrogen-bond acceptors (Lipinski definition) is 4. The summed E-state index contributed by atoms with van der Waals surface area (Å²) >= 11 is 1.83. The molecular weight excluding hydrogens is 411 g/mol. The second-order valence-electron chi connectivity index (χ2n) is 5.16. The Balaban J connectivity index is 0.00000242. The Labute approximate surface area is 154 Å². The van der Waals surface area contributed by atoms with Crippen LogP contribution in [0.25, 0.3) is 0 Å². The number of aryl methyl sites for hydroxylation is 1. The molecule has 0 saturated carbocycles. The molecule has 0 spiro atoms. The molecule has 0 aliphatic carbocycles. The van der Waals surface area contributed by atoms with Crippen molar-refractivity contribution < 1.29 is 0 Å². The van der Waals surface area contributed by atoms with Crippen molar-refractivity contribution in [3.8, 4) is 0 Å². The van der Waals surface area contributed by atoms with Gasteiger partial charge in [-0.05, 0) is 19.1 Å². The molecule has 0 radical (unpaired) electrons. The first-order valence-electron chi connectivity index (χ1n) is 7.69. The lowest BCUT2D eigenvalue weighted by atomic mass is 10.2. The van der Waals surface area contributed by atoms with E-state index in [0.717, 1.165) is 55.8 Å². The zero-order valence-electron chi connectivity index (χ0n) is 13.5. The number of hydrogen-bond donors (Lipinski definition) is 2. The van der Waals surface area contributed by atoms with E-state index in [1.54, 1.807) is 7.05 Å². The second kappa shape index (κ2) is 11.1. The smallest absolute Gasteiger partial charge is 0.191 e. The first-order chi connectivity index (χ1) is 10.3. The zero-order chi connectivity index (χ0) is 14.9. The van der Waals surface area contributed by atoms with E-state index < -0.39 is 0 Å². The molecule has 2 N–H and O–H groups in total. The van der Waals surface area contributed by atoms with Gasteiger partial charge in [-0.1, -0.05) is 6.42 Å². The van der Waals surface area contributed by atoms with E-state index in [1.807, 2.05) is 11.8 Å². The number of fused-ring (bicyclic) bond motifs is 1. The molecule has 0 bridgehead atoms. The molecule has 2 rings (SSSR count). The van der Waals surface area contributed by atoms with E-state index in [2.05, 4.69) is 36.6 Å². The van der Waals surface area contributed by atoms with Crippen molar-refractivity contribution in [1.82, 2.24) is 25.4 Å². The lowest BCUT2D eigenvalue weighted by Crippen LogP contribution is -2.39. The Hall–Kier alpha value is -0.510. The van der Waals surface area contributed by atoms with Crippen molar-refractivity contribution in [2.45, 2.75) is 38.6 Å². The zero-order valence-corrected chi connectivity index (χ0v) is 16.6. The van der Waals surface area contributed by atoms with Gasteiger partial charge in [0.1, 0.15) is 11.6 Å². The third-order valence-electron chi connectivity index (χ3n) is 3.65. The summed E-state index contributed by atoms with van der Waals surface area (Å²) < 4.78 is 2.30. The van der Waals surface area contributed by atoms with Crippen LogP contribution in [0.3, 0.4) is 0 Å². The Kier molecular flexibility index (Phi) is 9.85. The highest BCUT2D eigenvalue weighted by Crippen LogP contribution is 2.14. The minimum Gasteiger partial charge on any atom is -0.356 e. The highest BCUT2D eigenvalue weighted by molar-refractivity contribution is 14.0. The van der Waals surface area contributed by atoms with Crippen LogP contribution in [0.15, 0.2) is 4.99 Å². The molecule has 1 aliphatic rings. The number of aromatic nitrogens is 3. The number of nitrogens with one attached hydrogen (secondary N) is 2. The molecule has 126 valence electrons. The van der Waals surface area contributed by atoms with Crippen LogP contribution in [0.4, 0.5) is 0 Å². The van der Waals surface area contributed by atoms with Gasteiger partial charge in [-0.15, -0.1) is 34.2 Å². The number of thioether (sulfide) groups is 1. The molecule has 0 amide bonds. The minimum atomic E-state index is 0. The average molecular weight is 438 g/mol. The highest BCUT2D eigenvalue weighted by atomic mass is 127. The van der Waals surface area contributed by atoms with Gasteiger partial charge in [-0.2, -0.15) is 11.8 Å². The van der Waals surface area contributed by atoms with Crippen LogP contribution in [0.2, 0.25) is 0 Å². The minimum absolute atomic E-state index is 0. The maximum atomic E-state index is 4.35. The van der Waals surface area contributed by atoms with Gasteiger partial charge in [-0.25, -0.2) is 0 Å². The molecule has 2 heterocycles. The molecule has 22 heavy (non-hydrogen) atoms. The van der Waals surface area contributed by atoms with E-state index in [0.29, 0.717) is 0 Å². The molecule has 6 nitrogen and oxygen atoms in total. The van der Waals surface area contributed by atoms with E-state index in [1.165, 1.54) is 19.3 Å². The van der Waals surface area contributed by atoms with Crippen LogP contribution in [-0.4, -0.2) is 52.9 Å². The normalized spacial score (nSPS) is 14.7. The monoisotopic (exact) mass is 438 g/mol. The highest BCUT2D eigenvalue weighted by Gasteiger charge is 2.14. The van der Waals surface area contributed by atoms with Crippen LogP contribution in [-0.2, 0) is 19.4 Å².